The first-order chi connectivity index (χ1) is 8.77. The number of methoxy groups -OCH3 is 1. The molecule has 0 aromatic heterocycles. The third-order valence-corrected chi connectivity index (χ3v) is 3.76. The van der Waals surface area contributed by atoms with E-state index in [4.69, 9.17) is 9.84 Å². The Labute approximate surface area is 112 Å². The van der Waals surface area contributed by atoms with E-state index in [0.29, 0.717) is 0 Å². The lowest BCUT2D eigenvalue weighted by molar-refractivity contribution is 0.282. The largest absolute Gasteiger partial charge is 0.593 e. The predicted molar refractivity (Wildman–Crippen MR) is 73.0 cm³/mol. The van der Waals surface area contributed by atoms with Crippen LogP contribution in [0, 0.1) is 0 Å². The smallest absolute Gasteiger partial charge is 0.174 e. The molecule has 0 radical (unpaired) electrons. The molecule has 0 bridgehead atoms. The van der Waals surface area contributed by atoms with Gasteiger partial charge in [-0.05, 0) is 37.1 Å². The molecule has 1 atom stereocenters. The van der Waals surface area contributed by atoms with Gasteiger partial charge in [-0.1, -0.05) is 12.8 Å². The molecule has 0 spiro atoms. The summed E-state index contributed by atoms with van der Waals surface area (Å²) in [5.41, 5.74) is 0. The van der Waals surface area contributed by atoms with Crippen LogP contribution < -0.4 is 9.46 Å². The molecule has 5 heteroatoms. The minimum absolute atomic E-state index is 0.255. The van der Waals surface area contributed by atoms with Crippen LogP contribution in [0.25, 0.3) is 0 Å². The molecule has 0 fully saturated rings. The topological polar surface area (TPSA) is 64.5 Å². The lowest BCUT2D eigenvalue weighted by Gasteiger charge is -2.10. The van der Waals surface area contributed by atoms with Gasteiger partial charge in [0.05, 0.1) is 18.5 Å². The van der Waals surface area contributed by atoms with Crippen molar-refractivity contribution >= 4 is 11.4 Å². The molecule has 0 heterocycles. The number of hydrogen-bond donors (Lipinski definition) is 2. The summed E-state index contributed by atoms with van der Waals surface area (Å²) in [6.45, 7) is 0.981. The summed E-state index contributed by atoms with van der Waals surface area (Å²) in [5, 5.41) is 8.63. The number of hydrogen-bond acceptors (Lipinski definition) is 4. The van der Waals surface area contributed by atoms with Crippen molar-refractivity contribution in [2.24, 2.45) is 0 Å². The van der Waals surface area contributed by atoms with Gasteiger partial charge in [0.2, 0.25) is 0 Å². The maximum absolute atomic E-state index is 11.9. The molecule has 4 nitrogen and oxygen atoms in total. The Morgan fingerprint density at radius 2 is 1.83 bits per heavy atom. The highest BCUT2D eigenvalue weighted by Gasteiger charge is 2.09. The van der Waals surface area contributed by atoms with Crippen molar-refractivity contribution in [2.45, 2.75) is 30.6 Å². The first-order valence-corrected chi connectivity index (χ1v) is 7.33. The summed E-state index contributed by atoms with van der Waals surface area (Å²) in [6, 6.07) is 7.20. The molecule has 0 amide bonds. The first kappa shape index (κ1) is 15.3. The van der Waals surface area contributed by atoms with Gasteiger partial charge in [0.15, 0.2) is 4.90 Å². The van der Waals surface area contributed by atoms with E-state index in [-0.39, 0.29) is 6.61 Å². The second-order valence-electron chi connectivity index (χ2n) is 3.98. The van der Waals surface area contributed by atoms with Crippen LogP contribution >= 0.6 is 0 Å². The average molecular weight is 271 g/mol. The van der Waals surface area contributed by atoms with E-state index in [9.17, 15) is 4.55 Å². The Morgan fingerprint density at radius 3 is 2.44 bits per heavy atom. The van der Waals surface area contributed by atoms with Crippen molar-refractivity contribution < 1.29 is 14.4 Å². The molecule has 0 aliphatic heterocycles. The van der Waals surface area contributed by atoms with Crippen LogP contribution in [0.2, 0.25) is 0 Å². The van der Waals surface area contributed by atoms with E-state index in [2.05, 4.69) is 4.72 Å². The molecular weight excluding hydrogens is 250 g/mol. The zero-order valence-corrected chi connectivity index (χ0v) is 11.5. The van der Waals surface area contributed by atoms with Gasteiger partial charge in [0.25, 0.3) is 0 Å². The van der Waals surface area contributed by atoms with Crippen LogP contribution in [0.5, 0.6) is 5.75 Å². The Morgan fingerprint density at radius 1 is 1.17 bits per heavy atom. The third-order valence-electron chi connectivity index (χ3n) is 2.59. The molecule has 1 unspecified atom stereocenters. The van der Waals surface area contributed by atoms with Gasteiger partial charge in [-0.2, -0.15) is 0 Å². The number of benzene rings is 1. The minimum Gasteiger partial charge on any atom is -0.593 e. The van der Waals surface area contributed by atoms with Crippen molar-refractivity contribution in [2.75, 3.05) is 20.3 Å². The fourth-order valence-electron chi connectivity index (χ4n) is 1.54. The van der Waals surface area contributed by atoms with Crippen molar-refractivity contribution in [1.82, 2.24) is 4.72 Å². The highest BCUT2D eigenvalue weighted by molar-refractivity contribution is 7.89. The minimum atomic E-state index is -1.16. The number of aliphatic hydroxyl groups excluding tert-OH is 1. The van der Waals surface area contributed by atoms with Crippen LogP contribution in [0.1, 0.15) is 25.7 Å². The number of ether oxygens (including phenoxy) is 1. The van der Waals surface area contributed by atoms with Gasteiger partial charge in [-0.25, -0.2) is 0 Å². The summed E-state index contributed by atoms with van der Waals surface area (Å²) >= 11 is -1.16. The second kappa shape index (κ2) is 9.22. The van der Waals surface area contributed by atoms with Crippen LogP contribution in [0.15, 0.2) is 29.2 Å². The summed E-state index contributed by atoms with van der Waals surface area (Å²) < 4.78 is 19.9. The van der Waals surface area contributed by atoms with E-state index in [1.165, 1.54) is 0 Å². The summed E-state index contributed by atoms with van der Waals surface area (Å²) in [4.78, 5) is 0.756. The van der Waals surface area contributed by atoms with Gasteiger partial charge in [0.1, 0.15) is 5.75 Å². The molecule has 102 valence electrons. The number of rotatable bonds is 9. The van der Waals surface area contributed by atoms with Gasteiger partial charge < -0.3 is 14.4 Å². The maximum Gasteiger partial charge on any atom is 0.174 e. The van der Waals surface area contributed by atoms with E-state index < -0.39 is 11.4 Å². The molecule has 0 aliphatic carbocycles. The Bertz CT molecular complexity index is 319. The molecule has 1 rings (SSSR count). The maximum atomic E-state index is 11.9. The highest BCUT2D eigenvalue weighted by atomic mass is 32.2. The summed E-state index contributed by atoms with van der Waals surface area (Å²) in [6.07, 6.45) is 3.89. The normalized spacial score (nSPS) is 12.4. The lowest BCUT2D eigenvalue weighted by atomic mass is 10.2. The molecule has 0 saturated heterocycles. The monoisotopic (exact) mass is 271 g/mol. The van der Waals surface area contributed by atoms with Crippen LogP contribution in [0.4, 0.5) is 0 Å². The van der Waals surface area contributed by atoms with Crippen LogP contribution in [-0.2, 0) is 11.4 Å². The lowest BCUT2D eigenvalue weighted by Crippen LogP contribution is -2.24. The third kappa shape index (κ3) is 5.73. The van der Waals surface area contributed by atoms with Crippen LogP contribution in [-0.4, -0.2) is 29.9 Å². The van der Waals surface area contributed by atoms with E-state index in [1.54, 1.807) is 31.4 Å². The highest BCUT2D eigenvalue weighted by Crippen LogP contribution is 2.15. The molecule has 0 saturated carbocycles. The van der Waals surface area contributed by atoms with Gasteiger partial charge in [0, 0.05) is 13.2 Å². The summed E-state index contributed by atoms with van der Waals surface area (Å²) in [5.74, 6) is 0.764. The van der Waals surface area contributed by atoms with Gasteiger partial charge in [-0.15, -0.1) is 4.72 Å². The molecule has 1 aromatic rings. The van der Waals surface area contributed by atoms with Crippen molar-refractivity contribution in [3.05, 3.63) is 24.3 Å². The Hall–Kier alpha value is -0.750. The quantitative estimate of drug-likeness (QED) is 0.531. The summed E-state index contributed by atoms with van der Waals surface area (Å²) in [7, 11) is 1.61. The molecule has 0 aliphatic rings. The van der Waals surface area contributed by atoms with Crippen molar-refractivity contribution in [3.8, 4) is 5.75 Å². The zero-order valence-electron chi connectivity index (χ0n) is 10.7. The Kier molecular flexibility index (Phi) is 7.84. The van der Waals surface area contributed by atoms with Gasteiger partial charge in [-0.3, -0.25) is 0 Å². The molecule has 2 N–H and O–H groups in total. The number of aliphatic hydroxyl groups is 1. The van der Waals surface area contributed by atoms with E-state index in [0.717, 1.165) is 42.9 Å². The Balaban J connectivity index is 2.21. The molecule has 1 aromatic carbocycles. The number of unbranched alkanes of at least 4 members (excludes halogenated alkanes) is 3. The van der Waals surface area contributed by atoms with Crippen molar-refractivity contribution in [1.29, 1.82) is 0 Å². The fourth-order valence-corrected chi connectivity index (χ4v) is 2.42. The fraction of sp³-hybridized carbons (Fsp3) is 0.538. The average Bonchev–Trinajstić information content (AvgIpc) is 2.42. The number of nitrogens with one attached hydrogen (secondary N) is 1. The SMILES string of the molecule is COc1ccc([S+]([O-])NCCCCCCO)cc1. The van der Waals surface area contributed by atoms with Crippen molar-refractivity contribution in [3.63, 3.8) is 0 Å². The van der Waals surface area contributed by atoms with E-state index in [1.807, 2.05) is 0 Å². The zero-order chi connectivity index (χ0) is 13.2. The van der Waals surface area contributed by atoms with Crippen LogP contribution in [0.3, 0.4) is 0 Å². The first-order valence-electron chi connectivity index (χ1n) is 6.18. The van der Waals surface area contributed by atoms with Gasteiger partial charge >= 0.3 is 0 Å². The standard InChI is InChI=1S/C13H21NO3S/c1-17-12-6-8-13(9-7-12)18(16)14-10-4-2-3-5-11-15/h6-9,14-15H,2-5,10-11H2,1H3. The second-order valence-corrected chi connectivity index (χ2v) is 5.27. The molecular formula is C13H21NO3S. The van der Waals surface area contributed by atoms with E-state index >= 15 is 0 Å². The molecule has 18 heavy (non-hydrogen) atoms. The predicted octanol–water partition coefficient (Wildman–Crippen LogP) is 1.86.